The van der Waals surface area contributed by atoms with Gasteiger partial charge in [0.05, 0.1) is 33.6 Å². The third-order valence-corrected chi connectivity index (χ3v) is 14.0. The van der Waals surface area contributed by atoms with Crippen LogP contribution in [0.25, 0.3) is 0 Å². The Labute approximate surface area is 414 Å². The molecule has 0 aliphatic heterocycles. The number of para-hydroxylation sites is 5. The zero-order valence-corrected chi connectivity index (χ0v) is 43.8. The molecule has 6 aromatic carbocycles. The summed E-state index contributed by atoms with van der Waals surface area (Å²) in [6, 6.07) is 39.9. The molecule has 13 heteroatoms. The van der Waals surface area contributed by atoms with Crippen molar-refractivity contribution >= 4 is 47.8 Å². The first-order valence-electron chi connectivity index (χ1n) is 22.6. The minimum atomic E-state index is -2.35. The maximum atomic E-state index is 12.2. The summed E-state index contributed by atoms with van der Waals surface area (Å²) in [7, 11) is -3.09. The van der Waals surface area contributed by atoms with Gasteiger partial charge >= 0.3 is 17.2 Å². The lowest BCUT2D eigenvalue weighted by molar-refractivity contribution is 0.111. The zero-order valence-electron chi connectivity index (χ0n) is 41.2. The highest BCUT2D eigenvalue weighted by Gasteiger charge is 2.33. The van der Waals surface area contributed by atoms with Crippen molar-refractivity contribution in [2.75, 3.05) is 7.11 Å². The molecule has 0 saturated heterocycles. The van der Waals surface area contributed by atoms with Crippen LogP contribution < -0.4 is 31.9 Å². The van der Waals surface area contributed by atoms with E-state index in [9.17, 15) is 14.4 Å². The van der Waals surface area contributed by atoms with Crippen LogP contribution in [0.3, 0.4) is 0 Å². The summed E-state index contributed by atoms with van der Waals surface area (Å²) in [5.41, 5.74) is 2.55. The van der Waals surface area contributed by atoms with Gasteiger partial charge in [0.1, 0.15) is 28.7 Å². The van der Waals surface area contributed by atoms with E-state index in [1.54, 1.807) is 92.0 Å². The molecule has 69 heavy (non-hydrogen) atoms. The molecule has 0 radical (unpaired) electrons. The Morgan fingerprint density at radius 3 is 1.04 bits per heavy atom. The Morgan fingerprint density at radius 2 is 0.710 bits per heavy atom. The molecular formula is C56H62O10P2S. The van der Waals surface area contributed by atoms with Gasteiger partial charge in [-0.2, -0.15) is 0 Å². The smallest absolute Gasteiger partial charge is 0.493 e. The second-order valence-corrected chi connectivity index (χ2v) is 23.4. The number of rotatable bonds is 22. The quantitative estimate of drug-likeness (QED) is 0.0478. The van der Waals surface area contributed by atoms with Crippen LogP contribution in [0.15, 0.2) is 143 Å². The molecule has 10 nitrogen and oxygen atoms in total. The van der Waals surface area contributed by atoms with Gasteiger partial charge in [-0.15, -0.1) is 0 Å². The number of benzene rings is 6. The topological polar surface area (TPSA) is 116 Å². The monoisotopic (exact) mass is 988 g/mol. The first kappa shape index (κ1) is 52.5. The molecule has 1 atom stereocenters. The average Bonchev–Trinajstić information content (AvgIpc) is 3.29. The fourth-order valence-electron chi connectivity index (χ4n) is 8.41. The summed E-state index contributed by atoms with van der Waals surface area (Å²) in [5, 5.41) is 0. The highest BCUT2D eigenvalue weighted by Crippen LogP contribution is 2.53. The normalized spacial score (nSPS) is 12.4. The number of hydrogen-bond acceptors (Lipinski definition) is 11. The molecule has 0 bridgehead atoms. The Morgan fingerprint density at radius 1 is 0.406 bits per heavy atom. The predicted octanol–water partition coefficient (Wildman–Crippen LogP) is 16.2. The van der Waals surface area contributed by atoms with E-state index in [-0.39, 0.29) is 38.9 Å². The van der Waals surface area contributed by atoms with E-state index in [2.05, 4.69) is 93.5 Å². The Hall–Kier alpha value is -5.86. The van der Waals surface area contributed by atoms with Gasteiger partial charge in [-0.1, -0.05) is 142 Å². The van der Waals surface area contributed by atoms with Crippen LogP contribution in [0.5, 0.6) is 40.2 Å². The van der Waals surface area contributed by atoms with E-state index in [0.29, 0.717) is 57.2 Å². The number of hydrogen-bond donors (Lipinski definition) is 0. The summed E-state index contributed by atoms with van der Waals surface area (Å²) in [5.74, 6) is 2.51. The van der Waals surface area contributed by atoms with Crippen molar-refractivity contribution in [3.05, 3.63) is 161 Å². The third-order valence-electron chi connectivity index (χ3n) is 10.9. The molecule has 0 aliphatic rings. The SMILES string of the molecule is COc1ccccc1OP(Oc1ccccc1C=O)Oc1ccc(C(C)(C)CC(C)(C)C)cc1Sc1cc(C(C)(C)CC(C)(C)C)ccc1OP(Oc1ccccc1C=O)Oc1ccccc1C=O. The molecule has 6 rings (SSSR count). The van der Waals surface area contributed by atoms with Gasteiger partial charge in [-0.05, 0) is 118 Å². The minimum absolute atomic E-state index is 0.00890. The standard InChI is InChI=1S/C56H62O10P2S/c1-53(2,3)37-55(7,8)42-28-30-49(65-67(61-44-23-15-12-20-39(44)34-57)62-45-24-16-13-21-40(45)35-58)51(32-42)69-52-33-43(56(9,10)38-54(4,5)6)29-31-50(52)66-68(63-46-25-17-14-22-41(46)36-59)64-48-27-19-18-26-47(48)60-11/h12-36H,37-38H2,1-11H3. The fourth-order valence-corrected chi connectivity index (χ4v) is 11.7. The van der Waals surface area contributed by atoms with Gasteiger partial charge in [0.2, 0.25) is 0 Å². The third kappa shape index (κ3) is 14.6. The van der Waals surface area contributed by atoms with Gasteiger partial charge in [0, 0.05) is 0 Å². The van der Waals surface area contributed by atoms with Crippen molar-refractivity contribution in [2.24, 2.45) is 10.8 Å². The van der Waals surface area contributed by atoms with E-state index >= 15 is 0 Å². The summed E-state index contributed by atoms with van der Waals surface area (Å²) in [4.78, 5) is 38.1. The highest BCUT2D eigenvalue weighted by molar-refractivity contribution is 7.99. The summed E-state index contributed by atoms with van der Waals surface area (Å²) in [6.45, 7) is 22.3. The summed E-state index contributed by atoms with van der Waals surface area (Å²) >= 11 is 1.43. The van der Waals surface area contributed by atoms with Crippen LogP contribution in [0.4, 0.5) is 0 Å². The van der Waals surface area contributed by atoms with Gasteiger partial charge in [-0.3, -0.25) is 14.4 Å². The first-order chi connectivity index (χ1) is 32.7. The number of carbonyl (C=O) groups is 3. The highest BCUT2D eigenvalue weighted by atomic mass is 32.2. The van der Waals surface area contributed by atoms with Crippen LogP contribution >= 0.6 is 29.0 Å². The van der Waals surface area contributed by atoms with E-state index in [1.165, 1.54) is 11.8 Å². The number of methoxy groups -OCH3 is 1. The molecule has 362 valence electrons. The van der Waals surface area contributed by atoms with Crippen molar-refractivity contribution in [1.82, 2.24) is 0 Å². The second-order valence-electron chi connectivity index (χ2n) is 20.3. The van der Waals surface area contributed by atoms with Crippen LogP contribution in [0, 0.1) is 10.8 Å². The maximum absolute atomic E-state index is 12.2. The lowest BCUT2D eigenvalue weighted by Crippen LogP contribution is -2.25. The van der Waals surface area contributed by atoms with Crippen LogP contribution in [-0.4, -0.2) is 26.0 Å². The molecule has 0 fully saturated rings. The van der Waals surface area contributed by atoms with Gasteiger partial charge in [-0.25, -0.2) is 0 Å². The minimum Gasteiger partial charge on any atom is -0.493 e. The van der Waals surface area contributed by atoms with Crippen molar-refractivity contribution in [2.45, 2.75) is 103 Å². The molecule has 6 aromatic rings. The van der Waals surface area contributed by atoms with E-state index in [0.717, 1.165) is 35.2 Å². The molecule has 0 heterocycles. The Balaban J connectivity index is 1.53. The molecule has 0 aliphatic carbocycles. The Bertz CT molecular complexity index is 2670. The first-order valence-corrected chi connectivity index (χ1v) is 25.6. The van der Waals surface area contributed by atoms with Crippen molar-refractivity contribution in [3.8, 4) is 40.2 Å². The van der Waals surface area contributed by atoms with Crippen LogP contribution in [0.2, 0.25) is 0 Å². The van der Waals surface area contributed by atoms with E-state index < -0.39 is 17.2 Å². The average molecular weight is 989 g/mol. The largest absolute Gasteiger partial charge is 0.530 e. The van der Waals surface area contributed by atoms with Gasteiger partial charge in [0.25, 0.3) is 0 Å². The van der Waals surface area contributed by atoms with E-state index in [1.807, 2.05) is 24.3 Å². The summed E-state index contributed by atoms with van der Waals surface area (Å²) < 4.78 is 45.2. The molecule has 0 N–H and O–H groups in total. The van der Waals surface area contributed by atoms with Crippen molar-refractivity contribution < 1.29 is 46.3 Å². The molecule has 0 spiro atoms. The predicted molar refractivity (Wildman–Crippen MR) is 277 cm³/mol. The Kier molecular flexibility index (Phi) is 17.3. The lowest BCUT2D eigenvalue weighted by Gasteiger charge is -2.34. The molecule has 0 amide bonds. The maximum Gasteiger partial charge on any atom is 0.530 e. The molecule has 0 aromatic heterocycles. The van der Waals surface area contributed by atoms with Crippen LogP contribution in [-0.2, 0) is 10.8 Å². The molecule has 0 saturated carbocycles. The van der Waals surface area contributed by atoms with Crippen molar-refractivity contribution in [1.29, 1.82) is 0 Å². The molecule has 1 unspecified atom stereocenters. The van der Waals surface area contributed by atoms with Crippen LogP contribution in [0.1, 0.15) is 124 Å². The number of ether oxygens (including phenoxy) is 1. The van der Waals surface area contributed by atoms with Crippen molar-refractivity contribution in [3.63, 3.8) is 0 Å². The van der Waals surface area contributed by atoms with E-state index in [4.69, 9.17) is 31.9 Å². The summed E-state index contributed by atoms with van der Waals surface area (Å²) in [6.07, 6.45) is 3.90. The zero-order chi connectivity index (χ0) is 50.0. The van der Waals surface area contributed by atoms with Gasteiger partial charge in [0.15, 0.2) is 30.4 Å². The fraction of sp³-hybridized carbons (Fsp3) is 0.304. The number of aldehydes is 3. The van der Waals surface area contributed by atoms with Gasteiger partial charge < -0.3 is 31.9 Å². The second kappa shape index (κ2) is 22.7. The molecular weight excluding hydrogens is 927 g/mol. The lowest BCUT2D eigenvalue weighted by atomic mass is 9.72. The number of carbonyl (C=O) groups excluding carboxylic acids is 3.